The molecule has 50 heavy (non-hydrogen) atoms. The van der Waals surface area contributed by atoms with Gasteiger partial charge in [-0.3, -0.25) is 13.9 Å². The minimum Gasteiger partial charge on any atom is -0.478 e. The fraction of sp³-hybridized carbons (Fsp3) is 0. The number of halogens is 3. The monoisotopic (exact) mass is 782 g/mol. The molecule has 0 unspecified atom stereocenters. The van der Waals surface area contributed by atoms with E-state index < -0.39 is 30.8 Å². The van der Waals surface area contributed by atoms with Crippen molar-refractivity contribution < 1.29 is 36.4 Å². The topological polar surface area (TPSA) is 262 Å². The van der Waals surface area contributed by atoms with E-state index in [1.165, 1.54) is 26.5 Å². The van der Waals surface area contributed by atoms with Gasteiger partial charge in [-0.05, 0) is 84.4 Å². The molecule has 260 valence electrons. The first-order chi connectivity index (χ1) is 23.7. The molecule has 0 radical (unpaired) electrons. The first-order valence-corrected chi connectivity index (χ1v) is 17.4. The Labute approximate surface area is 299 Å². The summed E-state index contributed by atoms with van der Waals surface area (Å²) in [6, 6.07) is 22.2. The highest BCUT2D eigenvalue weighted by Crippen LogP contribution is 2.10. The van der Waals surface area contributed by atoms with E-state index in [2.05, 4.69) is 52.0 Å². The molecule has 18 nitrogen and oxygen atoms in total. The third-order valence-electron chi connectivity index (χ3n) is 5.15. The van der Waals surface area contributed by atoms with Crippen LogP contribution in [0.25, 0.3) is 17.1 Å². The van der Waals surface area contributed by atoms with Crippen LogP contribution in [0.4, 0.5) is 0 Å². The number of aromatic carboxylic acids is 1. The third-order valence-corrected chi connectivity index (χ3v) is 5.37. The number of carbonyl (C=O) groups excluding carboxylic acids is 1. The van der Waals surface area contributed by atoms with Crippen LogP contribution in [-0.2, 0) is 19.6 Å². The van der Waals surface area contributed by atoms with Crippen molar-refractivity contribution in [2.75, 3.05) is 0 Å². The lowest BCUT2D eigenvalue weighted by Crippen LogP contribution is -2.00. The first kappa shape index (κ1) is 40.8. The van der Waals surface area contributed by atoms with Crippen LogP contribution in [0.1, 0.15) is 26.3 Å². The summed E-state index contributed by atoms with van der Waals surface area (Å²) in [7, 11) is 2.69. The Kier molecular flexibility index (Phi) is 17.0. The highest BCUT2D eigenvalue weighted by atomic mass is 36.0. The van der Waals surface area contributed by atoms with Gasteiger partial charge in [0.15, 0.2) is 0 Å². The molecule has 0 atom stereocenters. The zero-order valence-corrected chi connectivity index (χ0v) is 28.6. The second-order valence-electron chi connectivity index (χ2n) is 8.42. The lowest BCUT2D eigenvalue weighted by atomic mass is 10.2. The zero-order valence-electron chi connectivity index (χ0n) is 24.7. The van der Waals surface area contributed by atoms with Crippen LogP contribution in [0.3, 0.4) is 0 Å². The molecule has 0 aliphatic heterocycles. The van der Waals surface area contributed by atoms with Gasteiger partial charge in [-0.1, -0.05) is 0 Å². The molecule has 23 heteroatoms. The van der Waals surface area contributed by atoms with Gasteiger partial charge in [0.1, 0.15) is 0 Å². The molecule has 0 aliphatic rings. The molecular weight excluding hydrogens is 763 g/mol. The maximum absolute atomic E-state index is 10.8. The van der Waals surface area contributed by atoms with E-state index in [1.54, 1.807) is 97.8 Å². The molecule has 3 aromatic heterocycles. The maximum atomic E-state index is 10.8. The highest BCUT2D eigenvalue weighted by Gasteiger charge is 2.04. The number of hydrogen-bond donors (Lipinski definition) is 3. The van der Waals surface area contributed by atoms with Gasteiger partial charge in [0, 0.05) is 26.9 Å². The lowest BCUT2D eigenvalue weighted by molar-refractivity contribution is 0.0696. The molecule has 6 aromatic rings. The maximum Gasteiger partial charge on any atom is 0.394 e. The van der Waals surface area contributed by atoms with Crippen LogP contribution in [0.5, 0.6) is 0 Å². The van der Waals surface area contributed by atoms with Crippen LogP contribution < -0.4 is 0 Å². The van der Waals surface area contributed by atoms with Crippen molar-refractivity contribution in [1.29, 1.82) is 5.26 Å². The number of aromatic nitrogens is 9. The van der Waals surface area contributed by atoms with E-state index in [0.29, 0.717) is 11.1 Å². The molecule has 3 heterocycles. The van der Waals surface area contributed by atoms with Crippen molar-refractivity contribution in [3.05, 3.63) is 127 Å². The lowest BCUT2D eigenvalue weighted by Gasteiger charge is -1.99. The van der Waals surface area contributed by atoms with Gasteiger partial charge in [0.2, 0.25) is 9.23 Å². The number of nitriles is 1. The molecule has 6 rings (SSSR count). The minimum absolute atomic E-state index is 0.251. The summed E-state index contributed by atoms with van der Waals surface area (Å²) in [5, 5.41) is 40.4. The van der Waals surface area contributed by atoms with E-state index in [9.17, 15) is 9.59 Å². The Bertz CT molecular complexity index is 1980. The second-order valence-corrected chi connectivity index (χ2v) is 12.2. The molecule has 0 aliphatic carbocycles. The van der Waals surface area contributed by atoms with Crippen molar-refractivity contribution in [3.8, 4) is 23.1 Å². The van der Waals surface area contributed by atoms with Gasteiger partial charge < -0.3 is 5.11 Å². The summed E-state index contributed by atoms with van der Waals surface area (Å²) in [6.45, 7) is 0. The van der Waals surface area contributed by atoms with Gasteiger partial charge in [0.25, 0.3) is 5.24 Å². The summed E-state index contributed by atoms with van der Waals surface area (Å²) in [5.41, 5.74) is 3.72. The van der Waals surface area contributed by atoms with Crippen molar-refractivity contribution in [3.63, 3.8) is 0 Å². The molecule has 3 N–H and O–H groups in total. The summed E-state index contributed by atoms with van der Waals surface area (Å²) in [5.74, 6) is -0.940. The van der Waals surface area contributed by atoms with Gasteiger partial charge in [0.05, 0.1) is 71.4 Å². The Balaban J connectivity index is 0.000000232. The molecule has 0 saturated carbocycles. The molecule has 0 amide bonds. The standard InChI is InChI=1S/C9H6ClN3O.C9H6N4.C9H7N3O2.Cl2OS.H2O4S/c10-9(14)7-1-3-8(4-2-7)13-11-5-6-12-13;10-7-8-1-3-9(4-2-8)13-11-5-6-12-13;13-9(14)7-1-3-8(4-2-7)12-10-5-6-11-12;1-4(2)3;1-5(2,3)4/h1-6H;1-6H;1-6H,(H,13,14);;(H2,1,2,3,4). The smallest absolute Gasteiger partial charge is 0.394 e. The number of carboxylic acid groups (broad SMARTS) is 1. The molecular formula is C27H21Cl3N10O8S2. The largest absolute Gasteiger partial charge is 0.478 e. The number of benzene rings is 3. The van der Waals surface area contributed by atoms with Gasteiger partial charge >= 0.3 is 16.4 Å². The summed E-state index contributed by atoms with van der Waals surface area (Å²) >= 11 is 5.30. The predicted molar refractivity (Wildman–Crippen MR) is 180 cm³/mol. The molecule has 3 aromatic carbocycles. The Morgan fingerprint density at radius 1 is 0.640 bits per heavy atom. The number of nitrogens with zero attached hydrogens (tertiary/aromatic N) is 10. The van der Waals surface area contributed by atoms with Crippen molar-refractivity contribution >= 4 is 63.8 Å². The normalized spacial score (nSPS) is 9.94. The van der Waals surface area contributed by atoms with E-state index >= 15 is 0 Å². The van der Waals surface area contributed by atoms with Crippen LogP contribution in [0.15, 0.2) is 110 Å². The minimum atomic E-state index is -4.67. The number of hydrogen-bond acceptors (Lipinski definition) is 12. The van der Waals surface area contributed by atoms with Gasteiger partial charge in [-0.15, -0.1) is 0 Å². The second kappa shape index (κ2) is 20.9. The summed E-state index contributed by atoms with van der Waals surface area (Å²) < 4.78 is 40.7. The summed E-state index contributed by atoms with van der Waals surface area (Å²) in [4.78, 5) is 25.7. The van der Waals surface area contributed by atoms with E-state index in [0.717, 1.165) is 17.1 Å². The summed E-state index contributed by atoms with van der Waals surface area (Å²) in [6.07, 6.45) is 9.51. The van der Waals surface area contributed by atoms with Crippen molar-refractivity contribution in [2.24, 2.45) is 0 Å². The van der Waals surface area contributed by atoms with Gasteiger partial charge in [-0.2, -0.15) is 58.7 Å². The highest BCUT2D eigenvalue weighted by molar-refractivity contribution is 8.26. The Hall–Kier alpha value is -5.40. The predicted octanol–water partition coefficient (Wildman–Crippen LogP) is 4.14. The average molecular weight is 784 g/mol. The SMILES string of the molecule is N#Cc1ccc(-n2nccn2)cc1.O=C(Cl)c1ccc(-n2nccn2)cc1.O=C(O)c1ccc(-n2nccn2)cc1.O=S(=O)(O)O.O=S(Cl)Cl. The van der Waals surface area contributed by atoms with E-state index in [-0.39, 0.29) is 5.56 Å². The van der Waals surface area contributed by atoms with Crippen molar-refractivity contribution in [2.45, 2.75) is 0 Å². The van der Waals surface area contributed by atoms with Crippen LogP contribution in [0.2, 0.25) is 0 Å². The quantitative estimate of drug-likeness (QED) is 0.164. The average Bonchev–Trinajstić information content (AvgIpc) is 3.89. The van der Waals surface area contributed by atoms with Crippen LogP contribution >= 0.6 is 33.0 Å². The fourth-order valence-corrected chi connectivity index (χ4v) is 3.31. The third kappa shape index (κ3) is 16.1. The van der Waals surface area contributed by atoms with Crippen LogP contribution in [-0.4, -0.2) is 83.0 Å². The Morgan fingerprint density at radius 3 is 1.14 bits per heavy atom. The van der Waals surface area contributed by atoms with Crippen molar-refractivity contribution in [1.82, 2.24) is 45.0 Å². The van der Waals surface area contributed by atoms with Crippen LogP contribution in [0, 0.1) is 11.3 Å². The number of carboxylic acids is 1. The fourth-order valence-electron chi connectivity index (χ4n) is 3.18. The van der Waals surface area contributed by atoms with E-state index in [1.807, 2.05) is 6.07 Å². The van der Waals surface area contributed by atoms with E-state index in [4.69, 9.17) is 43.7 Å². The number of carbonyl (C=O) groups is 2. The zero-order chi connectivity index (χ0) is 37.1. The molecule has 0 fully saturated rings. The first-order valence-electron chi connectivity index (χ1n) is 12.9. The Morgan fingerprint density at radius 2 is 0.900 bits per heavy atom. The van der Waals surface area contributed by atoms with Gasteiger partial charge in [-0.25, -0.2) is 9.00 Å². The molecule has 0 saturated heterocycles. The molecule has 0 bridgehead atoms. The number of rotatable bonds is 5. The molecule has 0 spiro atoms.